The van der Waals surface area contributed by atoms with Crippen molar-refractivity contribution in [3.05, 3.63) is 0 Å². The third-order valence-corrected chi connectivity index (χ3v) is 2.39. The van der Waals surface area contributed by atoms with Gasteiger partial charge in [-0.1, -0.05) is 6.92 Å². The first-order valence-electron chi connectivity index (χ1n) is 4.95. The molecule has 0 rings (SSSR count). The van der Waals surface area contributed by atoms with Crippen LogP contribution in [0.4, 0.5) is 0 Å². The minimum atomic E-state index is 0.283. The van der Waals surface area contributed by atoms with E-state index < -0.39 is 0 Å². The van der Waals surface area contributed by atoms with Gasteiger partial charge in [0, 0.05) is 33.5 Å². The van der Waals surface area contributed by atoms with E-state index in [1.54, 1.807) is 14.2 Å². The number of hydrogen-bond donors (Lipinski definition) is 1. The quantitative estimate of drug-likeness (QED) is 0.587. The summed E-state index contributed by atoms with van der Waals surface area (Å²) >= 11 is 0. The lowest BCUT2D eigenvalue weighted by molar-refractivity contribution is 0.166. The molecule has 0 fully saturated rings. The minimum absolute atomic E-state index is 0.283. The van der Waals surface area contributed by atoms with Crippen LogP contribution in [0, 0.1) is 5.92 Å². The lowest BCUT2D eigenvalue weighted by atomic mass is 9.96. The Morgan fingerprint density at radius 2 is 1.69 bits per heavy atom. The second kappa shape index (κ2) is 8.48. The monoisotopic (exact) mass is 189 g/mol. The second-order valence-electron chi connectivity index (χ2n) is 3.56. The molecule has 0 aromatic rings. The summed E-state index contributed by atoms with van der Waals surface area (Å²) in [5.41, 5.74) is 5.99. The second-order valence-corrected chi connectivity index (χ2v) is 3.56. The van der Waals surface area contributed by atoms with E-state index in [0.717, 1.165) is 32.5 Å². The Morgan fingerprint density at radius 3 is 2.23 bits per heavy atom. The van der Waals surface area contributed by atoms with Crippen molar-refractivity contribution in [3.8, 4) is 0 Å². The molecule has 2 N–H and O–H groups in total. The van der Waals surface area contributed by atoms with Crippen LogP contribution in [0.25, 0.3) is 0 Å². The summed E-state index contributed by atoms with van der Waals surface area (Å²) in [7, 11) is 3.45. The molecule has 3 heteroatoms. The number of ether oxygens (including phenoxy) is 2. The maximum atomic E-state index is 5.99. The highest BCUT2D eigenvalue weighted by Crippen LogP contribution is 2.10. The molecule has 2 unspecified atom stereocenters. The third-order valence-electron chi connectivity index (χ3n) is 2.39. The molecule has 0 bridgehead atoms. The van der Waals surface area contributed by atoms with Gasteiger partial charge in [-0.2, -0.15) is 0 Å². The normalized spacial score (nSPS) is 15.7. The molecule has 0 aliphatic carbocycles. The lowest BCUT2D eigenvalue weighted by Crippen LogP contribution is -2.29. The molecule has 2 atom stereocenters. The molecule has 0 radical (unpaired) electrons. The first-order valence-corrected chi connectivity index (χ1v) is 4.95. The highest BCUT2D eigenvalue weighted by molar-refractivity contribution is 4.68. The van der Waals surface area contributed by atoms with E-state index in [1.807, 2.05) is 0 Å². The van der Waals surface area contributed by atoms with Crippen molar-refractivity contribution in [1.82, 2.24) is 0 Å². The molecule has 0 saturated carbocycles. The van der Waals surface area contributed by atoms with Crippen LogP contribution in [0.1, 0.15) is 26.2 Å². The molecule has 0 saturated heterocycles. The maximum Gasteiger partial charge on any atom is 0.0465 e. The lowest BCUT2D eigenvalue weighted by Gasteiger charge is -2.19. The van der Waals surface area contributed by atoms with Gasteiger partial charge >= 0.3 is 0 Å². The van der Waals surface area contributed by atoms with Crippen molar-refractivity contribution < 1.29 is 9.47 Å². The molecular weight excluding hydrogens is 166 g/mol. The van der Waals surface area contributed by atoms with Crippen LogP contribution in [0.5, 0.6) is 0 Å². The zero-order valence-corrected chi connectivity index (χ0v) is 9.08. The van der Waals surface area contributed by atoms with Crippen molar-refractivity contribution in [1.29, 1.82) is 0 Å². The van der Waals surface area contributed by atoms with Crippen molar-refractivity contribution in [2.45, 2.75) is 32.2 Å². The van der Waals surface area contributed by atoms with E-state index in [2.05, 4.69) is 6.92 Å². The highest BCUT2D eigenvalue weighted by Gasteiger charge is 2.11. The molecule has 0 heterocycles. The summed E-state index contributed by atoms with van der Waals surface area (Å²) in [6.45, 7) is 3.79. The highest BCUT2D eigenvalue weighted by atomic mass is 16.5. The zero-order valence-electron chi connectivity index (χ0n) is 9.08. The molecule has 0 spiro atoms. The van der Waals surface area contributed by atoms with E-state index in [4.69, 9.17) is 15.2 Å². The molecule has 0 aromatic carbocycles. The number of nitrogens with two attached hydrogens (primary N) is 1. The SMILES string of the molecule is COCCCC(N)C(C)CCOC. The molecule has 13 heavy (non-hydrogen) atoms. The van der Waals surface area contributed by atoms with Crippen LogP contribution in [0.2, 0.25) is 0 Å². The number of hydrogen-bond acceptors (Lipinski definition) is 3. The Hall–Kier alpha value is -0.120. The Morgan fingerprint density at radius 1 is 1.08 bits per heavy atom. The van der Waals surface area contributed by atoms with Crippen LogP contribution < -0.4 is 5.73 Å². The van der Waals surface area contributed by atoms with E-state index in [1.165, 1.54) is 0 Å². The molecule has 0 amide bonds. The van der Waals surface area contributed by atoms with Gasteiger partial charge in [-0.3, -0.25) is 0 Å². The van der Waals surface area contributed by atoms with Gasteiger partial charge in [0.2, 0.25) is 0 Å². The van der Waals surface area contributed by atoms with Crippen molar-refractivity contribution >= 4 is 0 Å². The van der Waals surface area contributed by atoms with Gasteiger partial charge in [-0.05, 0) is 25.2 Å². The van der Waals surface area contributed by atoms with Crippen LogP contribution in [0.15, 0.2) is 0 Å². The van der Waals surface area contributed by atoms with Crippen LogP contribution in [0.3, 0.4) is 0 Å². The average Bonchev–Trinajstić information content (AvgIpc) is 2.14. The Bertz CT molecular complexity index is 109. The fraction of sp³-hybridized carbons (Fsp3) is 1.00. The van der Waals surface area contributed by atoms with Crippen LogP contribution in [-0.4, -0.2) is 33.5 Å². The molecule has 0 aromatic heterocycles. The molecule has 3 nitrogen and oxygen atoms in total. The summed E-state index contributed by atoms with van der Waals surface area (Å²) in [6.07, 6.45) is 3.14. The Balaban J connectivity index is 3.38. The van der Waals surface area contributed by atoms with E-state index in [9.17, 15) is 0 Å². The van der Waals surface area contributed by atoms with E-state index >= 15 is 0 Å². The summed E-state index contributed by atoms with van der Waals surface area (Å²) in [4.78, 5) is 0. The van der Waals surface area contributed by atoms with Gasteiger partial charge in [0.05, 0.1) is 0 Å². The first kappa shape index (κ1) is 12.9. The van der Waals surface area contributed by atoms with E-state index in [0.29, 0.717) is 5.92 Å². The maximum absolute atomic E-state index is 5.99. The number of methoxy groups -OCH3 is 2. The molecular formula is C10H23NO2. The summed E-state index contributed by atoms with van der Waals surface area (Å²) in [5.74, 6) is 0.539. The van der Waals surface area contributed by atoms with Gasteiger partial charge in [-0.15, -0.1) is 0 Å². The fourth-order valence-electron chi connectivity index (χ4n) is 1.27. The summed E-state index contributed by atoms with van der Waals surface area (Å²) in [6, 6.07) is 0.283. The molecule has 80 valence electrons. The average molecular weight is 189 g/mol. The predicted molar refractivity (Wildman–Crippen MR) is 54.7 cm³/mol. The molecule has 0 aliphatic rings. The van der Waals surface area contributed by atoms with Crippen molar-refractivity contribution in [3.63, 3.8) is 0 Å². The minimum Gasteiger partial charge on any atom is -0.385 e. The van der Waals surface area contributed by atoms with Gasteiger partial charge in [0.1, 0.15) is 0 Å². The van der Waals surface area contributed by atoms with Crippen molar-refractivity contribution in [2.24, 2.45) is 11.7 Å². The predicted octanol–water partition coefficient (Wildman–Crippen LogP) is 1.41. The first-order chi connectivity index (χ1) is 6.22. The largest absolute Gasteiger partial charge is 0.385 e. The number of rotatable bonds is 8. The molecule has 0 aliphatic heterocycles. The topological polar surface area (TPSA) is 44.5 Å². The van der Waals surface area contributed by atoms with Crippen LogP contribution in [-0.2, 0) is 9.47 Å². The van der Waals surface area contributed by atoms with Gasteiger partial charge in [0.25, 0.3) is 0 Å². The van der Waals surface area contributed by atoms with Crippen molar-refractivity contribution in [2.75, 3.05) is 27.4 Å². The van der Waals surface area contributed by atoms with Gasteiger partial charge in [0.15, 0.2) is 0 Å². The Labute approximate surface area is 81.6 Å². The van der Waals surface area contributed by atoms with Crippen LogP contribution >= 0.6 is 0 Å². The summed E-state index contributed by atoms with van der Waals surface area (Å²) in [5, 5.41) is 0. The fourth-order valence-corrected chi connectivity index (χ4v) is 1.27. The third kappa shape index (κ3) is 6.99. The van der Waals surface area contributed by atoms with Gasteiger partial charge < -0.3 is 15.2 Å². The summed E-state index contributed by atoms with van der Waals surface area (Å²) < 4.78 is 9.98. The Kier molecular flexibility index (Phi) is 8.40. The standard InChI is InChI=1S/C10H23NO2/c1-9(6-8-13-3)10(11)5-4-7-12-2/h9-10H,4-8,11H2,1-3H3. The smallest absolute Gasteiger partial charge is 0.0465 e. The zero-order chi connectivity index (χ0) is 10.1. The van der Waals surface area contributed by atoms with E-state index in [-0.39, 0.29) is 6.04 Å². The van der Waals surface area contributed by atoms with Gasteiger partial charge in [-0.25, -0.2) is 0 Å².